The summed E-state index contributed by atoms with van der Waals surface area (Å²) < 4.78 is 157. The zero-order chi connectivity index (χ0) is 90.6. The number of nitrogens with one attached hydrogen (secondary N) is 4. The summed E-state index contributed by atoms with van der Waals surface area (Å²) in [4.78, 5) is 76.9. The lowest BCUT2D eigenvalue weighted by Gasteiger charge is -2.30. The summed E-state index contributed by atoms with van der Waals surface area (Å²) in [6.45, 7) is 6.10. The lowest BCUT2D eigenvalue weighted by Crippen LogP contribution is -2.39. The molecule has 3 amide bonds. The van der Waals surface area contributed by atoms with Crippen LogP contribution in [0.3, 0.4) is 0 Å². The number of aliphatic imine (C=N–C) groups is 1. The molecule has 4 aliphatic heterocycles. The Morgan fingerprint density at radius 1 is 0.365 bits per heavy atom. The number of pyridine rings is 4. The minimum atomic E-state index is -4.09. The number of amides is 3. The van der Waals surface area contributed by atoms with Crippen molar-refractivity contribution in [2.24, 2.45) is 4.99 Å². The molecule has 4 N–H and O–H groups in total. The normalized spacial score (nSPS) is 13.4. The second kappa shape index (κ2) is 38.8. The van der Waals surface area contributed by atoms with Crippen LogP contribution in [0, 0.1) is 32.4 Å². The van der Waals surface area contributed by atoms with Gasteiger partial charge < -0.3 is 14.2 Å². The van der Waals surface area contributed by atoms with Gasteiger partial charge in [-0.1, -0.05) is 140 Å². The van der Waals surface area contributed by atoms with E-state index in [1.807, 2.05) is 0 Å². The Bertz CT molecular complexity index is 6480. The maximum absolute atomic E-state index is 13.8. The summed E-state index contributed by atoms with van der Waals surface area (Å²) in [5, 5.41) is 2.68. The van der Waals surface area contributed by atoms with Gasteiger partial charge in [-0.25, -0.2) is 57.4 Å². The number of ketones is 1. The number of rotatable bonds is 16. The van der Waals surface area contributed by atoms with Crippen molar-refractivity contribution < 1.29 is 75.8 Å². The van der Waals surface area contributed by atoms with Crippen LogP contribution in [0.25, 0.3) is 0 Å². The number of hydrogen-bond donors (Lipinski definition) is 4. The molecule has 0 spiro atoms. The molecule has 0 saturated heterocycles. The zero-order valence-electron chi connectivity index (χ0n) is 64.9. The Hall–Kier alpha value is -10.7. The summed E-state index contributed by atoms with van der Waals surface area (Å²) in [6.07, 6.45) is 5.12. The molecular formula is C83H60Cl10F2N12O15S4. The van der Waals surface area contributed by atoms with Crippen molar-refractivity contribution in [3.05, 3.63) is 313 Å². The Morgan fingerprint density at radius 2 is 0.698 bits per heavy atom. The molecule has 0 bridgehead atoms. The predicted molar refractivity (Wildman–Crippen MR) is 482 cm³/mol. The third kappa shape index (κ3) is 21.4. The minimum absolute atomic E-state index is 0.0127. The molecule has 16 rings (SSSR count). The first kappa shape index (κ1) is 92.9. The number of aryl methyl sites for hydroxylation is 3. The van der Waals surface area contributed by atoms with Crippen LogP contribution in [0.4, 0.5) is 48.6 Å². The Balaban J connectivity index is 0.000000144. The largest absolute Gasteiger partial charge is 0.490 e. The molecule has 4 aliphatic rings. The second-order valence-corrected chi connectivity index (χ2v) is 38.3. The summed E-state index contributed by atoms with van der Waals surface area (Å²) in [6, 6.07) is 41.5. The van der Waals surface area contributed by atoms with E-state index in [0.717, 1.165) is 0 Å². The summed E-state index contributed by atoms with van der Waals surface area (Å²) in [7, 11) is -16.3. The van der Waals surface area contributed by atoms with Crippen molar-refractivity contribution in [2.45, 2.75) is 40.4 Å². The minimum Gasteiger partial charge on any atom is -0.490 e. The predicted octanol–water partition coefficient (Wildman–Crippen LogP) is 19.4. The van der Waals surface area contributed by atoms with E-state index < -0.39 is 69.4 Å². The average Bonchev–Trinajstić information content (AvgIpc) is 0.772. The highest BCUT2D eigenvalue weighted by atomic mass is 35.5. The summed E-state index contributed by atoms with van der Waals surface area (Å²) in [5.41, 5.74) is 3.71. The number of Topliss-reactive ketones (excluding diaryl/α,β-unsaturated/α-hetero) is 1. The van der Waals surface area contributed by atoms with E-state index in [0.29, 0.717) is 76.6 Å². The van der Waals surface area contributed by atoms with Gasteiger partial charge in [0, 0.05) is 68.1 Å². The van der Waals surface area contributed by atoms with E-state index in [2.05, 4.69) is 43.8 Å². The van der Waals surface area contributed by atoms with Crippen molar-refractivity contribution in [3.8, 4) is 17.2 Å². The Labute approximate surface area is 769 Å². The SMILES string of the molecule is Cc1cc(S(=O)(=O)Nc2cc(Cl)cnc2C(=O)N2CCOc3ccc(Cl)cc32)ccc1Cl.Cc1cc(S(=O)(=O)Nc2cc(Cl)cnc2C(=O)N2CCOc3ccc(F)cc32)ccc1Cl.Cc1cc(S(=O)(=O)Nc2cc(Cl)cnc2C(=O)N2CCOc3ccc(F)cc32)ccc1Cl.O=C1CN=C(c2ncc(Cl)cc2NS(=O)(=O)c2ccc(Cl)c(Cl)c2)c2ccccc21. The second-order valence-electron chi connectivity index (χ2n) is 27.3. The van der Waals surface area contributed by atoms with Gasteiger partial charge in [0.05, 0.1) is 115 Å². The van der Waals surface area contributed by atoms with Crippen molar-refractivity contribution >= 4 is 225 Å². The number of aromatic nitrogens is 4. The van der Waals surface area contributed by atoms with Gasteiger partial charge in [-0.2, -0.15) is 0 Å². The molecule has 8 heterocycles. The highest BCUT2D eigenvalue weighted by molar-refractivity contribution is 7.93. The van der Waals surface area contributed by atoms with Crippen LogP contribution in [0.15, 0.2) is 225 Å². The summed E-state index contributed by atoms with van der Waals surface area (Å²) >= 11 is 60.1. The van der Waals surface area contributed by atoms with Gasteiger partial charge in [0.1, 0.15) is 60.9 Å². The van der Waals surface area contributed by atoms with Crippen molar-refractivity contribution in [1.29, 1.82) is 0 Å². The first-order chi connectivity index (χ1) is 59.7. The zero-order valence-corrected chi connectivity index (χ0v) is 75.7. The quantitative estimate of drug-likeness (QED) is 0.0698. The van der Waals surface area contributed by atoms with Gasteiger partial charge in [0.2, 0.25) is 0 Å². The fourth-order valence-corrected chi connectivity index (χ4v) is 18.6. The van der Waals surface area contributed by atoms with Crippen LogP contribution in [0.1, 0.15) is 69.8 Å². The van der Waals surface area contributed by atoms with Gasteiger partial charge in [-0.3, -0.25) is 62.7 Å². The third-order valence-corrected chi connectivity index (χ3v) is 27.2. The van der Waals surface area contributed by atoms with Gasteiger partial charge in [-0.05, 0) is 177 Å². The molecule has 0 radical (unpaired) electrons. The number of sulfonamides is 4. The van der Waals surface area contributed by atoms with E-state index in [1.54, 1.807) is 63.2 Å². The van der Waals surface area contributed by atoms with Crippen LogP contribution >= 0.6 is 116 Å². The molecule has 0 aliphatic carbocycles. The number of halogens is 12. The van der Waals surface area contributed by atoms with Gasteiger partial charge in [0.25, 0.3) is 57.8 Å². The highest BCUT2D eigenvalue weighted by Gasteiger charge is 2.35. The number of carbonyl (C=O) groups excluding carboxylic acids is 4. The maximum atomic E-state index is 13.8. The molecule has 27 nitrogen and oxygen atoms in total. The van der Waals surface area contributed by atoms with E-state index in [9.17, 15) is 61.6 Å². The number of fused-ring (bicyclic) bond motifs is 4. The molecule has 4 aromatic heterocycles. The maximum Gasteiger partial charge on any atom is 0.279 e. The molecule has 12 aromatic rings. The molecule has 126 heavy (non-hydrogen) atoms. The standard InChI is InChI=1S/C21H16Cl3N3O4S.2C21H16Cl2FN3O4S.C20H12Cl3N3O3S/c1-12-8-15(3-4-16(12)24)32(29,30)26-17-9-14(23)11-25-20(17)21(28)27-6-7-31-19-5-2-13(22)10-18(19)27;2*1-12-8-15(3-4-16(12)23)32(29,30)26-17-9-13(22)11-25-20(17)21(28)27-6-7-31-19-5-2-14(24)10-18(19)27;21-11-7-17(26-30(28,29)12-5-6-15(22)16(23)8-12)20(24-9-11)19-14-4-2-1-3-13(14)18(27)10-25-19/h3*2-5,8-11,26H,6-7H2,1H3;1-9,26H,10H2. The van der Waals surface area contributed by atoms with Gasteiger partial charge in [-0.15, -0.1) is 0 Å². The van der Waals surface area contributed by atoms with E-state index >= 15 is 0 Å². The summed E-state index contributed by atoms with van der Waals surface area (Å²) in [5.74, 6) is -1.87. The van der Waals surface area contributed by atoms with Crippen molar-refractivity contribution in [1.82, 2.24) is 19.9 Å². The lowest BCUT2D eigenvalue weighted by atomic mass is 9.94. The molecule has 0 fully saturated rings. The first-order valence-electron chi connectivity index (χ1n) is 36.6. The van der Waals surface area contributed by atoms with Crippen LogP contribution in [0.2, 0.25) is 50.2 Å². The number of hydrogen-bond acceptors (Lipinski definition) is 20. The van der Waals surface area contributed by atoms with E-state index in [1.165, 1.54) is 173 Å². The van der Waals surface area contributed by atoms with Gasteiger partial charge in [0.15, 0.2) is 22.9 Å². The number of benzene rings is 8. The topological polar surface area (TPSA) is 354 Å². The fraction of sp³-hybridized carbons (Fsp3) is 0.120. The lowest BCUT2D eigenvalue weighted by molar-refractivity contribution is 0.0965. The molecule has 8 aromatic carbocycles. The van der Waals surface area contributed by atoms with Crippen LogP contribution in [-0.4, -0.2) is 129 Å². The molecule has 43 heteroatoms. The molecule has 0 saturated carbocycles. The molecule has 650 valence electrons. The number of anilines is 7. The smallest absolute Gasteiger partial charge is 0.279 e. The van der Waals surface area contributed by atoms with Crippen LogP contribution in [0.5, 0.6) is 17.2 Å². The number of carbonyl (C=O) groups is 4. The molecule has 0 unspecified atom stereocenters. The van der Waals surface area contributed by atoms with Crippen LogP contribution < -0.4 is 47.8 Å². The van der Waals surface area contributed by atoms with E-state index in [-0.39, 0.29) is 158 Å². The number of ether oxygens (including phenoxy) is 3. The number of nitrogens with zero attached hydrogens (tertiary/aromatic N) is 8. The Morgan fingerprint density at radius 3 is 1.08 bits per heavy atom. The third-order valence-electron chi connectivity index (χ3n) is 18.7. The van der Waals surface area contributed by atoms with E-state index in [4.69, 9.17) is 130 Å². The molecule has 0 atom stereocenters. The van der Waals surface area contributed by atoms with Crippen molar-refractivity contribution in [3.63, 3.8) is 0 Å². The average molecular weight is 1990 g/mol. The Kier molecular flexibility index (Phi) is 28.6. The monoisotopic (exact) mass is 1980 g/mol. The fourth-order valence-electron chi connectivity index (χ4n) is 12.6. The van der Waals surface area contributed by atoms with Crippen molar-refractivity contribution in [2.75, 3.05) is 79.6 Å². The van der Waals surface area contributed by atoms with Crippen LogP contribution in [-0.2, 0) is 40.1 Å². The highest BCUT2D eigenvalue weighted by Crippen LogP contribution is 2.41. The first-order valence-corrected chi connectivity index (χ1v) is 46.3. The molecular weight excluding hydrogens is 1930 g/mol. The van der Waals surface area contributed by atoms with Gasteiger partial charge >= 0.3 is 0 Å².